The van der Waals surface area contributed by atoms with Gasteiger partial charge in [-0.15, -0.1) is 0 Å². The highest BCUT2D eigenvalue weighted by atomic mass is 31.2. The Kier molecular flexibility index (Phi) is 8.08. The van der Waals surface area contributed by atoms with Crippen LogP contribution in [0.4, 0.5) is 0 Å². The van der Waals surface area contributed by atoms with Crippen molar-refractivity contribution < 1.29 is 34.1 Å². The van der Waals surface area contributed by atoms with E-state index in [9.17, 15) is 9.36 Å². The van der Waals surface area contributed by atoms with Gasteiger partial charge in [0.25, 0.3) is 0 Å². The molecule has 9 heteroatoms. The molecule has 0 saturated carbocycles. The molecule has 0 rings (SSSR count). The summed E-state index contributed by atoms with van der Waals surface area (Å²) in [5.41, 5.74) is 5.53. The third-order valence-electron chi connectivity index (χ3n) is 2.31. The number of esters is 1. The number of carbonyl (C=O) groups excluding carboxylic acids is 1. The zero-order valence-corrected chi connectivity index (χ0v) is 11.5. The largest absolute Gasteiger partial charge is 0.465 e. The summed E-state index contributed by atoms with van der Waals surface area (Å²) in [4.78, 5) is 29.2. The Labute approximate surface area is 111 Å². The van der Waals surface area contributed by atoms with Gasteiger partial charge in [0.1, 0.15) is 6.04 Å². The number of nitrogens with two attached hydrogens (primary N) is 1. The first kappa shape index (κ1) is 18.2. The Morgan fingerprint density at radius 3 is 2.26 bits per heavy atom. The van der Waals surface area contributed by atoms with Crippen molar-refractivity contribution >= 4 is 13.6 Å². The minimum Gasteiger partial charge on any atom is -0.465 e. The molecule has 0 aliphatic rings. The van der Waals surface area contributed by atoms with E-state index in [0.29, 0.717) is 0 Å². The smallest absolute Gasteiger partial charge is 0.329 e. The van der Waals surface area contributed by atoms with Gasteiger partial charge in [0.2, 0.25) is 0 Å². The van der Waals surface area contributed by atoms with Gasteiger partial charge in [-0.2, -0.15) is 0 Å². The molecular formula is C10H20NO7P. The fourth-order valence-corrected chi connectivity index (χ4v) is 2.22. The second-order valence-corrected chi connectivity index (χ2v) is 5.55. The average molecular weight is 297 g/mol. The molecule has 0 aliphatic carbocycles. The van der Waals surface area contributed by atoms with Gasteiger partial charge in [0, 0.05) is 5.92 Å². The number of aliphatic hydroxyl groups excluding tert-OH is 2. The maximum absolute atomic E-state index is 11.3. The summed E-state index contributed by atoms with van der Waals surface area (Å²) in [5, 5.41) is 18.1. The minimum atomic E-state index is -4.40. The highest BCUT2D eigenvalue weighted by Gasteiger charge is 2.24. The van der Waals surface area contributed by atoms with Crippen molar-refractivity contribution in [2.24, 2.45) is 11.7 Å². The molecule has 112 valence electrons. The standard InChI is InChI=1S/C10H20NO7P/c1-2-18-10(14)9(11)3-7(6-19(15,16)17)8(4-12)5-13/h3,8-9,12-13H,2,4-6,11H2,1H3,(H2,15,16,17). The Bertz CT molecular complexity index is 361. The van der Waals surface area contributed by atoms with Crippen molar-refractivity contribution in [3.05, 3.63) is 11.6 Å². The van der Waals surface area contributed by atoms with E-state index in [1.165, 1.54) is 0 Å². The highest BCUT2D eigenvalue weighted by molar-refractivity contribution is 7.52. The average Bonchev–Trinajstić information content (AvgIpc) is 2.28. The van der Waals surface area contributed by atoms with Gasteiger partial charge in [-0.1, -0.05) is 11.6 Å². The predicted molar refractivity (Wildman–Crippen MR) is 67.3 cm³/mol. The van der Waals surface area contributed by atoms with Crippen molar-refractivity contribution in [3.8, 4) is 0 Å². The Morgan fingerprint density at radius 2 is 1.89 bits per heavy atom. The molecule has 6 N–H and O–H groups in total. The van der Waals surface area contributed by atoms with Crippen LogP contribution in [0.2, 0.25) is 0 Å². The number of ether oxygens (including phenoxy) is 1. The van der Waals surface area contributed by atoms with Crippen molar-refractivity contribution in [1.82, 2.24) is 0 Å². The van der Waals surface area contributed by atoms with Crippen LogP contribution in [0.1, 0.15) is 6.92 Å². The van der Waals surface area contributed by atoms with E-state index in [4.69, 9.17) is 25.7 Å². The van der Waals surface area contributed by atoms with E-state index in [1.807, 2.05) is 0 Å². The molecule has 0 aliphatic heterocycles. The molecule has 0 amide bonds. The Hall–Kier alpha value is -0.760. The molecule has 0 radical (unpaired) electrons. The van der Waals surface area contributed by atoms with Gasteiger partial charge in [-0.25, -0.2) is 0 Å². The van der Waals surface area contributed by atoms with Crippen LogP contribution >= 0.6 is 7.60 Å². The lowest BCUT2D eigenvalue weighted by Crippen LogP contribution is -2.32. The summed E-state index contributed by atoms with van der Waals surface area (Å²) in [6.45, 7) is 0.683. The highest BCUT2D eigenvalue weighted by Crippen LogP contribution is 2.38. The second kappa shape index (κ2) is 8.42. The number of aliphatic hydroxyl groups is 2. The SMILES string of the molecule is CCOC(=O)C(N)C=C(CP(=O)(O)O)C(CO)CO. The van der Waals surface area contributed by atoms with Crippen LogP contribution in [-0.4, -0.2) is 58.0 Å². The molecule has 19 heavy (non-hydrogen) atoms. The topological polar surface area (TPSA) is 150 Å². The van der Waals surface area contributed by atoms with Crippen molar-refractivity contribution in [2.45, 2.75) is 13.0 Å². The first-order valence-electron chi connectivity index (χ1n) is 5.64. The number of carbonyl (C=O) groups is 1. The number of rotatable bonds is 8. The first-order valence-corrected chi connectivity index (χ1v) is 7.44. The molecular weight excluding hydrogens is 277 g/mol. The van der Waals surface area contributed by atoms with Crippen LogP contribution in [0.25, 0.3) is 0 Å². The van der Waals surface area contributed by atoms with Gasteiger partial charge in [-0.3, -0.25) is 9.36 Å². The number of hydrogen-bond acceptors (Lipinski definition) is 6. The molecule has 0 aromatic rings. The molecule has 0 bridgehead atoms. The third kappa shape index (κ3) is 7.41. The maximum atomic E-state index is 11.3. The summed E-state index contributed by atoms with van der Waals surface area (Å²) >= 11 is 0. The second-order valence-electron chi connectivity index (χ2n) is 3.90. The number of hydrogen-bond donors (Lipinski definition) is 5. The summed E-state index contributed by atoms with van der Waals surface area (Å²) in [5.74, 6) is -1.63. The van der Waals surface area contributed by atoms with E-state index in [0.717, 1.165) is 6.08 Å². The molecule has 0 aromatic heterocycles. The van der Waals surface area contributed by atoms with Crippen LogP contribution in [0.15, 0.2) is 11.6 Å². The van der Waals surface area contributed by atoms with Crippen molar-refractivity contribution in [1.29, 1.82) is 0 Å². The quantitative estimate of drug-likeness (QED) is 0.208. The van der Waals surface area contributed by atoms with Gasteiger partial charge in [0.15, 0.2) is 0 Å². The van der Waals surface area contributed by atoms with Gasteiger partial charge >= 0.3 is 13.6 Å². The molecule has 1 unspecified atom stereocenters. The third-order valence-corrected chi connectivity index (χ3v) is 3.08. The molecule has 0 aromatic carbocycles. The maximum Gasteiger partial charge on any atom is 0.329 e. The van der Waals surface area contributed by atoms with Crippen molar-refractivity contribution in [2.75, 3.05) is 26.0 Å². The Morgan fingerprint density at radius 1 is 1.37 bits per heavy atom. The zero-order chi connectivity index (χ0) is 15.1. The minimum absolute atomic E-state index is 0.0267. The normalized spacial score (nSPS) is 14.6. The molecule has 0 heterocycles. The van der Waals surface area contributed by atoms with Crippen LogP contribution in [0.3, 0.4) is 0 Å². The van der Waals surface area contributed by atoms with Gasteiger partial charge < -0.3 is 30.5 Å². The van der Waals surface area contributed by atoms with Crippen LogP contribution < -0.4 is 5.73 Å². The Balaban J connectivity index is 5.10. The van der Waals surface area contributed by atoms with Gasteiger partial charge in [-0.05, 0) is 6.92 Å². The lowest BCUT2D eigenvalue weighted by molar-refractivity contribution is -0.143. The van der Waals surface area contributed by atoms with Crippen LogP contribution in [0, 0.1) is 5.92 Å². The fraction of sp³-hybridized carbons (Fsp3) is 0.700. The van der Waals surface area contributed by atoms with Crippen molar-refractivity contribution in [3.63, 3.8) is 0 Å². The van der Waals surface area contributed by atoms with E-state index < -0.39 is 44.9 Å². The van der Waals surface area contributed by atoms with Crippen LogP contribution in [-0.2, 0) is 14.1 Å². The van der Waals surface area contributed by atoms with E-state index >= 15 is 0 Å². The lowest BCUT2D eigenvalue weighted by Gasteiger charge is -2.18. The van der Waals surface area contributed by atoms with E-state index in [2.05, 4.69) is 4.74 Å². The summed E-state index contributed by atoms with van der Waals surface area (Å²) < 4.78 is 15.6. The zero-order valence-electron chi connectivity index (χ0n) is 10.6. The van der Waals surface area contributed by atoms with E-state index in [-0.39, 0.29) is 12.2 Å². The molecule has 0 spiro atoms. The summed E-state index contributed by atoms with van der Waals surface area (Å²) in [6.07, 6.45) is 0.417. The van der Waals surface area contributed by atoms with E-state index in [1.54, 1.807) is 6.92 Å². The summed E-state index contributed by atoms with van der Waals surface area (Å²) in [7, 11) is -4.40. The predicted octanol–water partition coefficient (Wildman–Crippen LogP) is -1.42. The van der Waals surface area contributed by atoms with Crippen LogP contribution in [0.5, 0.6) is 0 Å². The molecule has 1 atom stereocenters. The molecule has 0 fully saturated rings. The summed E-state index contributed by atoms with van der Waals surface area (Å²) in [6, 6.07) is -1.21. The fourth-order valence-electron chi connectivity index (χ4n) is 1.39. The van der Waals surface area contributed by atoms with Gasteiger partial charge in [0.05, 0.1) is 26.0 Å². The first-order chi connectivity index (χ1) is 8.75. The lowest BCUT2D eigenvalue weighted by atomic mass is 10.00. The molecule has 8 nitrogen and oxygen atoms in total. The molecule has 0 saturated heterocycles. The monoisotopic (exact) mass is 297 g/mol.